The van der Waals surface area contributed by atoms with Gasteiger partial charge in [0.15, 0.2) is 0 Å². The van der Waals surface area contributed by atoms with Gasteiger partial charge in [-0.05, 0) is 29.3 Å². The molecule has 2 aromatic carbocycles. The summed E-state index contributed by atoms with van der Waals surface area (Å²) in [5.41, 5.74) is 4.89. The quantitative estimate of drug-likeness (QED) is 0.496. The first kappa shape index (κ1) is 19.0. The molecule has 0 amide bonds. The number of imidazole rings is 1. The molecule has 0 radical (unpaired) electrons. The second kappa shape index (κ2) is 8.78. The van der Waals surface area contributed by atoms with E-state index in [1.807, 2.05) is 18.5 Å². The minimum Gasteiger partial charge on any atom is -0.322 e. The Morgan fingerprint density at radius 3 is 2.13 bits per heavy atom. The van der Waals surface area contributed by atoms with Crippen molar-refractivity contribution in [3.8, 4) is 0 Å². The Hall–Kier alpha value is -3.02. The largest absolute Gasteiger partial charge is 0.322 e. The molecular weight excluding hydrogens is 370 g/mol. The number of hydrogen-bond donors (Lipinski definition) is 0. The maximum Gasteiger partial charge on any atom is 0.124 e. The van der Waals surface area contributed by atoms with Gasteiger partial charge < -0.3 is 4.57 Å². The molecule has 0 aliphatic carbocycles. The van der Waals surface area contributed by atoms with Gasteiger partial charge in [-0.1, -0.05) is 48.5 Å². The lowest BCUT2D eigenvalue weighted by Gasteiger charge is -2.34. The van der Waals surface area contributed by atoms with Crippen LogP contribution >= 0.6 is 0 Å². The molecule has 3 heterocycles. The van der Waals surface area contributed by atoms with Crippen molar-refractivity contribution in [2.75, 3.05) is 26.2 Å². The number of nitrogens with zero attached hydrogens (tertiary/aromatic N) is 5. The van der Waals surface area contributed by atoms with Gasteiger partial charge in [0.05, 0.1) is 17.6 Å². The van der Waals surface area contributed by atoms with E-state index in [2.05, 4.69) is 80.0 Å². The van der Waals surface area contributed by atoms with Crippen LogP contribution in [0.3, 0.4) is 0 Å². The predicted octanol–water partition coefficient (Wildman–Crippen LogP) is 3.80. The highest BCUT2D eigenvalue weighted by atomic mass is 15.3. The summed E-state index contributed by atoms with van der Waals surface area (Å²) < 4.78 is 2.38. The van der Waals surface area contributed by atoms with E-state index in [9.17, 15) is 0 Å². The Morgan fingerprint density at radius 1 is 0.667 bits per heavy atom. The van der Waals surface area contributed by atoms with Gasteiger partial charge in [0.2, 0.25) is 0 Å². The zero-order chi connectivity index (χ0) is 20.2. The van der Waals surface area contributed by atoms with Crippen LogP contribution in [0.1, 0.15) is 17.0 Å². The standard InChI is InChI=1S/C25H27N5/c1-2-7-21(8-3-1)19-30-24-11-5-4-10-23(24)27-25(30)20-29-15-13-28(14-16-29)18-22-9-6-12-26-17-22/h1-12,17H,13-16,18-20H2. The lowest BCUT2D eigenvalue weighted by Crippen LogP contribution is -2.45. The molecule has 0 unspecified atom stereocenters. The lowest BCUT2D eigenvalue weighted by molar-refractivity contribution is 0.119. The van der Waals surface area contributed by atoms with E-state index < -0.39 is 0 Å². The highest BCUT2D eigenvalue weighted by Crippen LogP contribution is 2.20. The molecule has 2 aromatic heterocycles. The molecule has 0 saturated carbocycles. The summed E-state index contributed by atoms with van der Waals surface area (Å²) >= 11 is 0. The molecule has 0 bridgehead atoms. The molecule has 4 aromatic rings. The van der Waals surface area contributed by atoms with Crippen molar-refractivity contribution in [2.24, 2.45) is 0 Å². The third kappa shape index (κ3) is 4.27. The molecule has 1 aliphatic heterocycles. The fourth-order valence-corrected chi connectivity index (χ4v) is 4.24. The first-order valence-corrected chi connectivity index (χ1v) is 10.7. The van der Waals surface area contributed by atoms with Gasteiger partial charge in [0.1, 0.15) is 5.82 Å². The van der Waals surface area contributed by atoms with Crippen molar-refractivity contribution in [1.29, 1.82) is 0 Å². The van der Waals surface area contributed by atoms with Crippen molar-refractivity contribution in [3.63, 3.8) is 0 Å². The minimum atomic E-state index is 0.859. The van der Waals surface area contributed by atoms with E-state index in [0.29, 0.717) is 0 Å². The SMILES string of the molecule is c1ccc(Cn2c(CN3CCN(Cc4cccnc4)CC3)nc3ccccc32)cc1. The average Bonchev–Trinajstić information content (AvgIpc) is 3.13. The van der Waals surface area contributed by atoms with Crippen LogP contribution in [0.5, 0.6) is 0 Å². The van der Waals surface area contributed by atoms with Crippen molar-refractivity contribution < 1.29 is 0 Å². The van der Waals surface area contributed by atoms with E-state index in [0.717, 1.165) is 57.2 Å². The van der Waals surface area contributed by atoms with Crippen molar-refractivity contribution >= 4 is 11.0 Å². The predicted molar refractivity (Wildman–Crippen MR) is 120 cm³/mol. The molecule has 5 heteroatoms. The summed E-state index contributed by atoms with van der Waals surface area (Å²) in [6.07, 6.45) is 3.81. The van der Waals surface area contributed by atoms with Gasteiger partial charge in [-0.2, -0.15) is 0 Å². The summed E-state index contributed by atoms with van der Waals surface area (Å²) in [6.45, 7) is 7.01. The Labute approximate surface area is 177 Å². The van der Waals surface area contributed by atoms with Crippen molar-refractivity contribution in [3.05, 3.63) is 96.1 Å². The summed E-state index contributed by atoms with van der Waals surface area (Å²) in [6, 6.07) is 23.3. The number of piperazine rings is 1. The molecule has 0 spiro atoms. The molecule has 0 N–H and O–H groups in total. The number of hydrogen-bond acceptors (Lipinski definition) is 4. The van der Waals surface area contributed by atoms with Crippen molar-refractivity contribution in [1.82, 2.24) is 24.3 Å². The van der Waals surface area contributed by atoms with Crippen LogP contribution in [0.15, 0.2) is 79.1 Å². The van der Waals surface area contributed by atoms with Gasteiger partial charge in [-0.15, -0.1) is 0 Å². The topological polar surface area (TPSA) is 37.2 Å². The Kier molecular flexibility index (Phi) is 5.55. The minimum absolute atomic E-state index is 0.859. The van der Waals surface area contributed by atoms with Crippen LogP contribution in [0, 0.1) is 0 Å². The first-order chi connectivity index (χ1) is 14.8. The summed E-state index contributed by atoms with van der Waals surface area (Å²) in [5, 5.41) is 0. The van der Waals surface area contributed by atoms with Gasteiger partial charge in [-0.25, -0.2) is 4.98 Å². The Morgan fingerprint density at radius 2 is 1.37 bits per heavy atom. The Bertz CT molecular complexity index is 1080. The molecule has 0 atom stereocenters. The molecule has 5 nitrogen and oxygen atoms in total. The number of rotatable bonds is 6. The first-order valence-electron chi connectivity index (χ1n) is 10.7. The third-order valence-electron chi connectivity index (χ3n) is 5.88. The number of fused-ring (bicyclic) bond motifs is 1. The third-order valence-corrected chi connectivity index (χ3v) is 5.88. The van der Waals surface area contributed by atoms with Gasteiger partial charge >= 0.3 is 0 Å². The fraction of sp³-hybridized carbons (Fsp3) is 0.280. The number of para-hydroxylation sites is 2. The molecule has 152 valence electrons. The molecular formula is C25H27N5. The van der Waals surface area contributed by atoms with Crippen LogP contribution in [-0.4, -0.2) is 50.5 Å². The average molecular weight is 398 g/mol. The zero-order valence-electron chi connectivity index (χ0n) is 17.2. The Balaban J connectivity index is 1.29. The van der Waals surface area contributed by atoms with E-state index >= 15 is 0 Å². The maximum absolute atomic E-state index is 4.99. The number of aromatic nitrogens is 3. The summed E-state index contributed by atoms with van der Waals surface area (Å²) in [5.74, 6) is 1.15. The summed E-state index contributed by atoms with van der Waals surface area (Å²) in [7, 11) is 0. The lowest BCUT2D eigenvalue weighted by atomic mass is 10.2. The molecule has 1 saturated heterocycles. The van der Waals surface area contributed by atoms with Crippen LogP contribution < -0.4 is 0 Å². The second-order valence-corrected chi connectivity index (χ2v) is 8.00. The van der Waals surface area contributed by atoms with Crippen LogP contribution in [0.2, 0.25) is 0 Å². The van der Waals surface area contributed by atoms with Gasteiger partial charge in [-0.3, -0.25) is 14.8 Å². The van der Waals surface area contributed by atoms with E-state index in [1.165, 1.54) is 16.6 Å². The monoisotopic (exact) mass is 397 g/mol. The van der Waals surface area contributed by atoms with Gasteiger partial charge in [0, 0.05) is 51.7 Å². The van der Waals surface area contributed by atoms with E-state index in [4.69, 9.17) is 4.98 Å². The zero-order valence-corrected chi connectivity index (χ0v) is 17.2. The molecule has 1 aliphatic rings. The maximum atomic E-state index is 4.99. The number of pyridine rings is 1. The smallest absolute Gasteiger partial charge is 0.124 e. The molecule has 30 heavy (non-hydrogen) atoms. The number of benzene rings is 2. The molecule has 5 rings (SSSR count). The molecule has 1 fully saturated rings. The van der Waals surface area contributed by atoms with Gasteiger partial charge in [0.25, 0.3) is 0 Å². The van der Waals surface area contributed by atoms with Crippen LogP contribution in [0.25, 0.3) is 11.0 Å². The van der Waals surface area contributed by atoms with Crippen LogP contribution in [0.4, 0.5) is 0 Å². The summed E-state index contributed by atoms with van der Waals surface area (Å²) in [4.78, 5) is 14.3. The normalized spacial score (nSPS) is 15.6. The highest BCUT2D eigenvalue weighted by Gasteiger charge is 2.20. The van der Waals surface area contributed by atoms with Crippen molar-refractivity contribution in [2.45, 2.75) is 19.6 Å². The van der Waals surface area contributed by atoms with Crippen LogP contribution in [-0.2, 0) is 19.6 Å². The second-order valence-electron chi connectivity index (χ2n) is 8.00. The fourth-order valence-electron chi connectivity index (χ4n) is 4.24. The van der Waals surface area contributed by atoms with E-state index in [-0.39, 0.29) is 0 Å². The van der Waals surface area contributed by atoms with E-state index in [1.54, 1.807) is 0 Å². The highest BCUT2D eigenvalue weighted by molar-refractivity contribution is 5.76.